The lowest BCUT2D eigenvalue weighted by atomic mass is 9.78. The highest BCUT2D eigenvalue weighted by molar-refractivity contribution is 7.92. The molecule has 2 atom stereocenters. The lowest BCUT2D eigenvalue weighted by molar-refractivity contribution is 0.162. The molecule has 1 saturated carbocycles. The van der Waals surface area contributed by atoms with Gasteiger partial charge in [-0.05, 0) is 31.2 Å². The van der Waals surface area contributed by atoms with Gasteiger partial charge in [0.15, 0.2) is 9.84 Å². The van der Waals surface area contributed by atoms with E-state index in [2.05, 4.69) is 5.32 Å². The van der Waals surface area contributed by atoms with Crippen molar-refractivity contribution in [2.24, 2.45) is 0 Å². The van der Waals surface area contributed by atoms with Gasteiger partial charge >= 0.3 is 0 Å². The zero-order chi connectivity index (χ0) is 14.9. The van der Waals surface area contributed by atoms with Crippen molar-refractivity contribution < 1.29 is 13.5 Å². The van der Waals surface area contributed by atoms with Crippen LogP contribution < -0.4 is 5.32 Å². The highest BCUT2D eigenvalue weighted by Crippen LogP contribution is 2.46. The third kappa shape index (κ3) is 2.87. The molecule has 0 bridgehead atoms. The summed E-state index contributed by atoms with van der Waals surface area (Å²) in [5.41, 5.74) is 0.895. The number of rotatable bonds is 4. The van der Waals surface area contributed by atoms with Gasteiger partial charge in [-0.2, -0.15) is 0 Å². The van der Waals surface area contributed by atoms with E-state index in [0.717, 1.165) is 24.8 Å². The molecule has 1 unspecified atom stereocenters. The molecule has 1 saturated heterocycles. The first-order valence-electron chi connectivity index (χ1n) is 7.71. The van der Waals surface area contributed by atoms with Crippen molar-refractivity contribution in [3.63, 3.8) is 0 Å². The number of aliphatic hydroxyl groups is 1. The van der Waals surface area contributed by atoms with E-state index in [4.69, 9.17) is 0 Å². The Balaban J connectivity index is 1.57. The number of hydrogen-bond acceptors (Lipinski definition) is 4. The summed E-state index contributed by atoms with van der Waals surface area (Å²) < 4.78 is 24.0. The number of hydrogen-bond donors (Lipinski definition) is 2. The molecule has 1 aromatic rings. The molecular weight excluding hydrogens is 286 g/mol. The highest BCUT2D eigenvalue weighted by Gasteiger charge is 2.51. The normalized spacial score (nSPS) is 28.0. The molecule has 116 valence electrons. The zero-order valence-electron chi connectivity index (χ0n) is 12.2. The van der Waals surface area contributed by atoms with Crippen LogP contribution in [-0.2, 0) is 9.84 Å². The lowest BCUT2D eigenvalue weighted by Gasteiger charge is -2.46. The van der Waals surface area contributed by atoms with Gasteiger partial charge in [-0.25, -0.2) is 8.42 Å². The maximum atomic E-state index is 12.2. The molecule has 1 aliphatic heterocycles. The van der Waals surface area contributed by atoms with Crippen LogP contribution in [0, 0.1) is 0 Å². The maximum absolute atomic E-state index is 12.2. The standard InChI is InChI=1S/C16H23NO3S/c18-15(13-5-2-1-3-6-13)12-17-14-7-10-21(19,20)16(11-14)8-4-9-16/h1-3,5-6,14-15,17-18H,4,7-12H2/t14?,15-/m1/s1. The molecule has 1 heterocycles. The summed E-state index contributed by atoms with van der Waals surface area (Å²) in [7, 11) is -2.91. The molecule has 2 fully saturated rings. The molecule has 3 rings (SSSR count). The van der Waals surface area contributed by atoms with Crippen LogP contribution in [-0.4, -0.2) is 36.6 Å². The van der Waals surface area contributed by atoms with Crippen molar-refractivity contribution in [3.05, 3.63) is 35.9 Å². The highest BCUT2D eigenvalue weighted by atomic mass is 32.2. The van der Waals surface area contributed by atoms with E-state index in [0.29, 0.717) is 19.4 Å². The van der Waals surface area contributed by atoms with E-state index in [-0.39, 0.29) is 11.8 Å². The van der Waals surface area contributed by atoms with Gasteiger partial charge in [-0.1, -0.05) is 36.8 Å². The van der Waals surface area contributed by atoms with Gasteiger partial charge in [0.05, 0.1) is 16.6 Å². The molecule has 1 aromatic carbocycles. The SMILES string of the molecule is O=S1(=O)CCC(NC[C@@H](O)c2ccccc2)CC12CCC2. The summed E-state index contributed by atoms with van der Waals surface area (Å²) in [6.45, 7) is 0.477. The molecule has 4 nitrogen and oxygen atoms in total. The van der Waals surface area contributed by atoms with Gasteiger partial charge in [0.25, 0.3) is 0 Å². The summed E-state index contributed by atoms with van der Waals surface area (Å²) in [4.78, 5) is 0. The number of sulfone groups is 1. The van der Waals surface area contributed by atoms with Crippen molar-refractivity contribution in [2.75, 3.05) is 12.3 Å². The van der Waals surface area contributed by atoms with E-state index in [9.17, 15) is 13.5 Å². The quantitative estimate of drug-likeness (QED) is 0.890. The largest absolute Gasteiger partial charge is 0.387 e. The second-order valence-corrected chi connectivity index (χ2v) is 8.88. The number of benzene rings is 1. The third-order valence-electron chi connectivity index (χ3n) is 5.06. The summed E-state index contributed by atoms with van der Waals surface area (Å²) in [6, 6.07) is 9.77. The minimum absolute atomic E-state index is 0.201. The van der Waals surface area contributed by atoms with E-state index < -0.39 is 20.7 Å². The van der Waals surface area contributed by atoms with Gasteiger partial charge in [0.2, 0.25) is 0 Å². The summed E-state index contributed by atoms with van der Waals surface area (Å²) in [6.07, 6.45) is 3.48. The van der Waals surface area contributed by atoms with Crippen LogP contribution in [0.25, 0.3) is 0 Å². The lowest BCUT2D eigenvalue weighted by Crippen LogP contribution is -2.55. The van der Waals surface area contributed by atoms with Crippen LogP contribution in [0.15, 0.2) is 30.3 Å². The smallest absolute Gasteiger partial charge is 0.156 e. The second kappa shape index (κ2) is 5.71. The molecule has 21 heavy (non-hydrogen) atoms. The Kier molecular flexibility index (Phi) is 4.08. The molecule has 0 aromatic heterocycles. The van der Waals surface area contributed by atoms with E-state index in [1.165, 1.54) is 0 Å². The molecule has 5 heteroatoms. The fourth-order valence-electron chi connectivity index (χ4n) is 3.52. The first-order chi connectivity index (χ1) is 10.0. The van der Waals surface area contributed by atoms with Crippen molar-refractivity contribution >= 4 is 9.84 Å². The van der Waals surface area contributed by atoms with E-state index in [1.54, 1.807) is 0 Å². The van der Waals surface area contributed by atoms with Gasteiger partial charge in [0, 0.05) is 12.6 Å². The van der Waals surface area contributed by atoms with Crippen molar-refractivity contribution in [1.82, 2.24) is 5.32 Å². The van der Waals surface area contributed by atoms with Crippen LogP contribution in [0.3, 0.4) is 0 Å². The molecule has 2 aliphatic rings. The Morgan fingerprint density at radius 1 is 1.29 bits per heavy atom. The minimum Gasteiger partial charge on any atom is -0.387 e. The Morgan fingerprint density at radius 3 is 2.62 bits per heavy atom. The Morgan fingerprint density at radius 2 is 2.00 bits per heavy atom. The van der Waals surface area contributed by atoms with Crippen LogP contribution in [0.2, 0.25) is 0 Å². The van der Waals surface area contributed by atoms with Gasteiger partial charge < -0.3 is 10.4 Å². The molecular formula is C16H23NO3S. The monoisotopic (exact) mass is 309 g/mol. The summed E-state index contributed by atoms with van der Waals surface area (Å²) >= 11 is 0. The molecule has 1 spiro atoms. The van der Waals surface area contributed by atoms with E-state index in [1.807, 2.05) is 30.3 Å². The fraction of sp³-hybridized carbons (Fsp3) is 0.625. The average Bonchev–Trinajstić information content (AvgIpc) is 2.44. The average molecular weight is 309 g/mol. The number of nitrogens with one attached hydrogen (secondary N) is 1. The topological polar surface area (TPSA) is 66.4 Å². The Labute approximate surface area is 126 Å². The second-order valence-electron chi connectivity index (χ2n) is 6.38. The fourth-order valence-corrected chi connectivity index (χ4v) is 5.92. The van der Waals surface area contributed by atoms with Gasteiger partial charge in [0.1, 0.15) is 0 Å². The van der Waals surface area contributed by atoms with Crippen LogP contribution in [0.4, 0.5) is 0 Å². The zero-order valence-corrected chi connectivity index (χ0v) is 13.0. The van der Waals surface area contributed by atoms with Crippen LogP contribution in [0.5, 0.6) is 0 Å². The van der Waals surface area contributed by atoms with Crippen molar-refractivity contribution in [3.8, 4) is 0 Å². The maximum Gasteiger partial charge on any atom is 0.156 e. The first-order valence-corrected chi connectivity index (χ1v) is 9.36. The van der Waals surface area contributed by atoms with Crippen LogP contribution in [0.1, 0.15) is 43.8 Å². The predicted octanol–water partition coefficient (Wildman–Crippen LogP) is 1.81. The van der Waals surface area contributed by atoms with Gasteiger partial charge in [-0.15, -0.1) is 0 Å². The number of aliphatic hydroxyl groups excluding tert-OH is 1. The molecule has 2 N–H and O–H groups in total. The van der Waals surface area contributed by atoms with Crippen molar-refractivity contribution in [2.45, 2.75) is 49.0 Å². The first kappa shape index (κ1) is 15.0. The molecule has 0 amide bonds. The Hall–Kier alpha value is -0.910. The minimum atomic E-state index is -2.91. The third-order valence-corrected chi connectivity index (χ3v) is 7.73. The van der Waals surface area contributed by atoms with E-state index >= 15 is 0 Å². The molecule has 0 radical (unpaired) electrons. The predicted molar refractivity (Wildman–Crippen MR) is 82.8 cm³/mol. The van der Waals surface area contributed by atoms with Gasteiger partial charge in [-0.3, -0.25) is 0 Å². The summed E-state index contributed by atoms with van der Waals surface area (Å²) in [5, 5.41) is 13.5. The van der Waals surface area contributed by atoms with Crippen LogP contribution >= 0.6 is 0 Å². The molecule has 1 aliphatic carbocycles. The summed E-state index contributed by atoms with van der Waals surface area (Å²) in [5.74, 6) is 0.284. The Bertz CT molecular complexity index is 581. The van der Waals surface area contributed by atoms with Crippen molar-refractivity contribution in [1.29, 1.82) is 0 Å².